The van der Waals surface area contributed by atoms with Crippen molar-refractivity contribution < 1.29 is 19.7 Å². The molecule has 0 spiro atoms. The van der Waals surface area contributed by atoms with Crippen LogP contribution in [0.2, 0.25) is 0 Å². The van der Waals surface area contributed by atoms with Crippen LogP contribution in [0.4, 0.5) is 4.79 Å². The first-order valence-corrected chi connectivity index (χ1v) is 5.48. The van der Waals surface area contributed by atoms with Gasteiger partial charge in [-0.15, -0.1) is 0 Å². The van der Waals surface area contributed by atoms with Crippen molar-refractivity contribution in [2.24, 2.45) is 0 Å². The molecule has 1 amide bonds. The number of aliphatic hydroxyl groups is 1. The van der Waals surface area contributed by atoms with Crippen molar-refractivity contribution in [2.45, 2.75) is 18.8 Å². The van der Waals surface area contributed by atoms with Crippen molar-refractivity contribution in [3.8, 4) is 0 Å². The van der Waals surface area contributed by atoms with Gasteiger partial charge in [-0.2, -0.15) is 0 Å². The number of aliphatic hydroxyl groups excluding tert-OH is 1. The average molecular weight is 237 g/mol. The summed E-state index contributed by atoms with van der Waals surface area (Å²) in [5.74, 6) is 0. The maximum atomic E-state index is 10.7. The van der Waals surface area contributed by atoms with E-state index in [1.165, 1.54) is 4.90 Å². The standard InChI is InChI=1S/C12H15NO4/c14-10-6-13(12(15)16)7-11(10)17-8-9-4-2-1-3-5-9/h1-5,10-11,14H,6-8H2,(H,15,16). The van der Waals surface area contributed by atoms with Gasteiger partial charge in [0.2, 0.25) is 0 Å². The lowest BCUT2D eigenvalue weighted by Gasteiger charge is -2.14. The Morgan fingerprint density at radius 2 is 2.06 bits per heavy atom. The van der Waals surface area contributed by atoms with Crippen LogP contribution in [0.3, 0.4) is 0 Å². The fraction of sp³-hybridized carbons (Fsp3) is 0.417. The molecule has 0 aliphatic carbocycles. The van der Waals surface area contributed by atoms with Gasteiger partial charge in [-0.3, -0.25) is 0 Å². The summed E-state index contributed by atoms with van der Waals surface area (Å²) >= 11 is 0. The molecular formula is C12H15NO4. The number of carboxylic acid groups (broad SMARTS) is 1. The minimum Gasteiger partial charge on any atom is -0.465 e. The lowest BCUT2D eigenvalue weighted by atomic mass is 10.2. The SMILES string of the molecule is O=C(O)N1CC(O)C(OCc2ccccc2)C1. The number of hydrogen-bond acceptors (Lipinski definition) is 3. The molecule has 0 saturated carbocycles. The van der Waals surface area contributed by atoms with Gasteiger partial charge in [0.15, 0.2) is 0 Å². The van der Waals surface area contributed by atoms with Crippen LogP contribution in [-0.4, -0.2) is 46.5 Å². The van der Waals surface area contributed by atoms with Crippen LogP contribution in [0, 0.1) is 0 Å². The molecule has 0 radical (unpaired) electrons. The van der Waals surface area contributed by atoms with E-state index in [2.05, 4.69) is 0 Å². The summed E-state index contributed by atoms with van der Waals surface area (Å²) in [7, 11) is 0. The summed E-state index contributed by atoms with van der Waals surface area (Å²) in [6, 6.07) is 9.59. The highest BCUT2D eigenvalue weighted by atomic mass is 16.5. The van der Waals surface area contributed by atoms with Crippen molar-refractivity contribution in [1.29, 1.82) is 0 Å². The molecule has 1 saturated heterocycles. The summed E-state index contributed by atoms with van der Waals surface area (Å²) in [6.45, 7) is 0.730. The Labute approximate surface area is 99.2 Å². The van der Waals surface area contributed by atoms with Crippen molar-refractivity contribution in [1.82, 2.24) is 4.90 Å². The molecule has 92 valence electrons. The molecule has 2 atom stereocenters. The Balaban J connectivity index is 1.86. The van der Waals surface area contributed by atoms with Crippen LogP contribution in [0.1, 0.15) is 5.56 Å². The molecular weight excluding hydrogens is 222 g/mol. The first-order valence-electron chi connectivity index (χ1n) is 5.48. The zero-order chi connectivity index (χ0) is 12.3. The van der Waals surface area contributed by atoms with Gasteiger partial charge in [0.05, 0.1) is 25.8 Å². The second-order valence-electron chi connectivity index (χ2n) is 4.09. The van der Waals surface area contributed by atoms with Gasteiger partial charge in [-0.05, 0) is 5.56 Å². The van der Waals surface area contributed by atoms with Crippen molar-refractivity contribution in [3.05, 3.63) is 35.9 Å². The van der Waals surface area contributed by atoms with Gasteiger partial charge in [0.25, 0.3) is 0 Å². The fourth-order valence-electron chi connectivity index (χ4n) is 1.85. The Morgan fingerprint density at radius 1 is 1.35 bits per heavy atom. The topological polar surface area (TPSA) is 70.0 Å². The molecule has 1 aliphatic heterocycles. The molecule has 17 heavy (non-hydrogen) atoms. The third kappa shape index (κ3) is 2.95. The molecule has 5 nitrogen and oxygen atoms in total. The Morgan fingerprint density at radius 3 is 2.65 bits per heavy atom. The minimum atomic E-state index is -1.02. The molecule has 0 bridgehead atoms. The summed E-state index contributed by atoms with van der Waals surface area (Å²) in [6.07, 6.45) is -2.20. The molecule has 1 heterocycles. The van der Waals surface area contributed by atoms with Gasteiger partial charge >= 0.3 is 6.09 Å². The second kappa shape index (κ2) is 5.16. The van der Waals surface area contributed by atoms with E-state index in [0.29, 0.717) is 6.61 Å². The molecule has 0 aromatic heterocycles. The average Bonchev–Trinajstić information content (AvgIpc) is 2.70. The van der Waals surface area contributed by atoms with E-state index in [9.17, 15) is 9.90 Å². The van der Waals surface area contributed by atoms with Crippen LogP contribution in [0.15, 0.2) is 30.3 Å². The Hall–Kier alpha value is -1.59. The third-order valence-corrected chi connectivity index (χ3v) is 2.81. The van der Waals surface area contributed by atoms with E-state index in [-0.39, 0.29) is 13.1 Å². The van der Waals surface area contributed by atoms with E-state index < -0.39 is 18.3 Å². The van der Waals surface area contributed by atoms with Crippen LogP contribution in [0.5, 0.6) is 0 Å². The number of carbonyl (C=O) groups is 1. The molecule has 5 heteroatoms. The van der Waals surface area contributed by atoms with Gasteiger partial charge < -0.3 is 19.8 Å². The van der Waals surface area contributed by atoms with E-state index in [1.54, 1.807) is 0 Å². The number of nitrogens with zero attached hydrogens (tertiary/aromatic N) is 1. The van der Waals surface area contributed by atoms with Crippen LogP contribution in [-0.2, 0) is 11.3 Å². The number of benzene rings is 1. The largest absolute Gasteiger partial charge is 0.465 e. The van der Waals surface area contributed by atoms with Gasteiger partial charge in [0.1, 0.15) is 6.10 Å². The lowest BCUT2D eigenvalue weighted by Crippen LogP contribution is -2.28. The van der Waals surface area contributed by atoms with Crippen LogP contribution >= 0.6 is 0 Å². The minimum absolute atomic E-state index is 0.120. The van der Waals surface area contributed by atoms with Crippen molar-refractivity contribution in [2.75, 3.05) is 13.1 Å². The Kier molecular flexibility index (Phi) is 3.61. The summed E-state index contributed by atoms with van der Waals surface area (Å²) in [5.41, 5.74) is 1.01. The normalized spacial score (nSPS) is 23.9. The number of hydrogen-bond donors (Lipinski definition) is 2. The first-order chi connectivity index (χ1) is 8.16. The molecule has 1 aromatic rings. The number of amides is 1. The quantitative estimate of drug-likeness (QED) is 0.820. The zero-order valence-electron chi connectivity index (χ0n) is 9.32. The highest BCUT2D eigenvalue weighted by molar-refractivity contribution is 5.65. The Bertz CT molecular complexity index is 381. The first kappa shape index (κ1) is 11.9. The number of ether oxygens (including phenoxy) is 1. The molecule has 2 unspecified atom stereocenters. The van der Waals surface area contributed by atoms with E-state index in [0.717, 1.165) is 5.56 Å². The maximum absolute atomic E-state index is 10.7. The zero-order valence-corrected chi connectivity index (χ0v) is 9.32. The smallest absolute Gasteiger partial charge is 0.407 e. The number of likely N-dealkylation sites (tertiary alicyclic amines) is 1. The van der Waals surface area contributed by atoms with Gasteiger partial charge in [0, 0.05) is 0 Å². The molecule has 1 aromatic carbocycles. The maximum Gasteiger partial charge on any atom is 0.407 e. The predicted octanol–water partition coefficient (Wildman–Crippen LogP) is 0.926. The highest BCUT2D eigenvalue weighted by Crippen LogP contribution is 2.15. The molecule has 2 N–H and O–H groups in total. The predicted molar refractivity (Wildman–Crippen MR) is 60.6 cm³/mol. The van der Waals surface area contributed by atoms with Crippen molar-refractivity contribution in [3.63, 3.8) is 0 Å². The van der Waals surface area contributed by atoms with Crippen LogP contribution < -0.4 is 0 Å². The van der Waals surface area contributed by atoms with Crippen molar-refractivity contribution >= 4 is 6.09 Å². The summed E-state index contributed by atoms with van der Waals surface area (Å²) in [4.78, 5) is 11.9. The van der Waals surface area contributed by atoms with E-state index >= 15 is 0 Å². The van der Waals surface area contributed by atoms with E-state index in [1.807, 2.05) is 30.3 Å². The van der Waals surface area contributed by atoms with Gasteiger partial charge in [-0.25, -0.2) is 4.79 Å². The lowest BCUT2D eigenvalue weighted by molar-refractivity contribution is -0.0174. The van der Waals surface area contributed by atoms with E-state index in [4.69, 9.17) is 9.84 Å². The summed E-state index contributed by atoms with van der Waals surface area (Å²) < 4.78 is 5.53. The van der Waals surface area contributed by atoms with Gasteiger partial charge in [-0.1, -0.05) is 30.3 Å². The third-order valence-electron chi connectivity index (χ3n) is 2.81. The van der Waals surface area contributed by atoms with Crippen LogP contribution in [0.25, 0.3) is 0 Å². The second-order valence-corrected chi connectivity index (χ2v) is 4.09. The number of β-amino-alcohol motifs (C(OH)–C–C–N with tert-alkyl or cyclic N) is 1. The monoisotopic (exact) mass is 237 g/mol. The fourth-order valence-corrected chi connectivity index (χ4v) is 1.85. The highest BCUT2D eigenvalue weighted by Gasteiger charge is 2.34. The molecule has 1 fully saturated rings. The molecule has 2 rings (SSSR count). The molecule has 1 aliphatic rings. The number of rotatable bonds is 3. The summed E-state index contributed by atoms with van der Waals surface area (Å²) in [5, 5.41) is 18.4.